The van der Waals surface area contributed by atoms with Gasteiger partial charge in [0.15, 0.2) is 5.82 Å². The fourth-order valence-electron chi connectivity index (χ4n) is 3.09. The molecule has 1 aromatic heterocycles. The van der Waals surface area contributed by atoms with Crippen LogP contribution in [0.5, 0.6) is 0 Å². The summed E-state index contributed by atoms with van der Waals surface area (Å²) in [7, 11) is 2.12. The molecule has 112 valence electrons. The van der Waals surface area contributed by atoms with Crippen molar-refractivity contribution in [2.24, 2.45) is 0 Å². The van der Waals surface area contributed by atoms with Gasteiger partial charge in [-0.3, -0.25) is 9.47 Å². The van der Waals surface area contributed by atoms with Crippen LogP contribution in [0.25, 0.3) is 0 Å². The van der Waals surface area contributed by atoms with E-state index in [1.54, 1.807) is 4.57 Å². The molecule has 1 N–H and O–H groups in total. The normalized spacial score (nSPS) is 19.8. The molecule has 2 aromatic rings. The molecule has 5 nitrogen and oxygen atoms in total. The quantitative estimate of drug-likeness (QED) is 0.935. The first-order valence-corrected chi connectivity index (χ1v) is 7.65. The molecular weight excluding hydrogens is 264 g/mol. The van der Waals surface area contributed by atoms with Crippen molar-refractivity contribution < 1.29 is 0 Å². The molecular formula is C16H22N4O. The predicted molar refractivity (Wildman–Crippen MR) is 82.2 cm³/mol. The molecule has 0 bridgehead atoms. The monoisotopic (exact) mass is 286 g/mol. The third-order valence-corrected chi connectivity index (χ3v) is 4.32. The molecule has 1 fully saturated rings. The van der Waals surface area contributed by atoms with E-state index in [0.717, 1.165) is 25.2 Å². The molecule has 1 unspecified atom stereocenters. The van der Waals surface area contributed by atoms with Crippen molar-refractivity contribution in [2.45, 2.75) is 38.3 Å². The Labute approximate surface area is 124 Å². The summed E-state index contributed by atoms with van der Waals surface area (Å²) in [6.07, 6.45) is 4.36. The number of likely N-dealkylation sites (tertiary alicyclic amines) is 1. The van der Waals surface area contributed by atoms with Crippen molar-refractivity contribution in [3.63, 3.8) is 0 Å². The topological polar surface area (TPSA) is 53.9 Å². The second kappa shape index (κ2) is 6.26. The minimum atomic E-state index is -0.0973. The summed E-state index contributed by atoms with van der Waals surface area (Å²) < 4.78 is 1.81. The summed E-state index contributed by atoms with van der Waals surface area (Å²) >= 11 is 0. The van der Waals surface area contributed by atoms with Crippen molar-refractivity contribution in [3.8, 4) is 0 Å². The number of H-pyrrole nitrogens is 1. The van der Waals surface area contributed by atoms with Gasteiger partial charge >= 0.3 is 5.69 Å². The highest BCUT2D eigenvalue weighted by Gasteiger charge is 2.26. The Morgan fingerprint density at radius 3 is 2.86 bits per heavy atom. The van der Waals surface area contributed by atoms with E-state index in [1.807, 2.05) is 18.2 Å². The summed E-state index contributed by atoms with van der Waals surface area (Å²) in [5.41, 5.74) is 1.15. The molecule has 1 saturated heterocycles. The van der Waals surface area contributed by atoms with E-state index >= 15 is 0 Å². The van der Waals surface area contributed by atoms with E-state index in [0.29, 0.717) is 6.54 Å². The summed E-state index contributed by atoms with van der Waals surface area (Å²) in [5, 5.41) is 6.91. The van der Waals surface area contributed by atoms with Gasteiger partial charge < -0.3 is 0 Å². The van der Waals surface area contributed by atoms with Crippen LogP contribution in [0.3, 0.4) is 0 Å². The van der Waals surface area contributed by atoms with Gasteiger partial charge in [0.05, 0.1) is 6.04 Å². The summed E-state index contributed by atoms with van der Waals surface area (Å²) in [6.45, 7) is 1.75. The van der Waals surface area contributed by atoms with Gasteiger partial charge in [-0.25, -0.2) is 9.89 Å². The Hall–Kier alpha value is -1.88. The second-order valence-electron chi connectivity index (χ2n) is 5.77. The molecule has 1 atom stereocenters. The van der Waals surface area contributed by atoms with Gasteiger partial charge in [0.1, 0.15) is 0 Å². The SMILES string of the molecule is CN1CCCCC1c1n[nH]c(=O)n1CCc1ccccc1. The van der Waals surface area contributed by atoms with E-state index in [-0.39, 0.29) is 11.7 Å². The number of aryl methyl sites for hydroxylation is 1. The maximum atomic E-state index is 12.0. The van der Waals surface area contributed by atoms with E-state index in [4.69, 9.17) is 0 Å². The Kier molecular flexibility index (Phi) is 4.20. The number of hydrogen-bond donors (Lipinski definition) is 1. The Bertz CT molecular complexity index is 631. The van der Waals surface area contributed by atoms with Gasteiger partial charge in [-0.2, -0.15) is 5.10 Å². The lowest BCUT2D eigenvalue weighted by atomic mass is 10.0. The highest BCUT2D eigenvalue weighted by molar-refractivity contribution is 5.14. The summed E-state index contributed by atoms with van der Waals surface area (Å²) in [6, 6.07) is 10.5. The predicted octanol–water partition coefficient (Wildman–Crippen LogP) is 1.97. The lowest BCUT2D eigenvalue weighted by Crippen LogP contribution is -2.33. The van der Waals surface area contributed by atoms with Crippen LogP contribution in [-0.4, -0.2) is 33.3 Å². The molecule has 21 heavy (non-hydrogen) atoms. The van der Waals surface area contributed by atoms with Crippen LogP contribution in [-0.2, 0) is 13.0 Å². The van der Waals surface area contributed by atoms with E-state index < -0.39 is 0 Å². The molecule has 0 saturated carbocycles. The molecule has 3 rings (SSSR count). The molecule has 0 amide bonds. The number of nitrogens with one attached hydrogen (secondary N) is 1. The lowest BCUT2D eigenvalue weighted by Gasteiger charge is -2.31. The first kappa shape index (κ1) is 14.1. The second-order valence-corrected chi connectivity index (χ2v) is 5.77. The fraction of sp³-hybridized carbons (Fsp3) is 0.500. The van der Waals surface area contributed by atoms with Gasteiger partial charge in [0.2, 0.25) is 0 Å². The number of benzene rings is 1. The van der Waals surface area contributed by atoms with Crippen LogP contribution in [0.1, 0.15) is 36.7 Å². The van der Waals surface area contributed by atoms with Crippen LogP contribution >= 0.6 is 0 Å². The van der Waals surface area contributed by atoms with Gasteiger partial charge in [-0.1, -0.05) is 36.8 Å². The molecule has 0 radical (unpaired) electrons. The molecule has 1 aliphatic rings. The molecule has 2 heterocycles. The average molecular weight is 286 g/mol. The van der Waals surface area contributed by atoms with Crippen molar-refractivity contribution >= 4 is 0 Å². The highest BCUT2D eigenvalue weighted by Crippen LogP contribution is 2.27. The Balaban J connectivity index is 1.79. The standard InChI is InChI=1S/C16H22N4O/c1-19-11-6-5-9-14(19)15-17-18-16(21)20(15)12-10-13-7-3-2-4-8-13/h2-4,7-8,14H,5-6,9-12H2,1H3,(H,18,21). The Morgan fingerprint density at radius 2 is 2.10 bits per heavy atom. The first-order valence-electron chi connectivity index (χ1n) is 7.65. The van der Waals surface area contributed by atoms with Crippen LogP contribution in [0, 0.1) is 0 Å². The van der Waals surface area contributed by atoms with E-state index in [2.05, 4.69) is 34.3 Å². The van der Waals surface area contributed by atoms with Crippen molar-refractivity contribution in [2.75, 3.05) is 13.6 Å². The molecule has 5 heteroatoms. The largest absolute Gasteiger partial charge is 0.343 e. The smallest absolute Gasteiger partial charge is 0.296 e. The molecule has 0 aliphatic carbocycles. The maximum Gasteiger partial charge on any atom is 0.343 e. The molecule has 1 aliphatic heterocycles. The zero-order valence-corrected chi connectivity index (χ0v) is 12.5. The first-order chi connectivity index (χ1) is 10.3. The van der Waals surface area contributed by atoms with Crippen molar-refractivity contribution in [1.29, 1.82) is 0 Å². The number of aromatic nitrogens is 3. The maximum absolute atomic E-state index is 12.0. The minimum Gasteiger partial charge on any atom is -0.296 e. The minimum absolute atomic E-state index is 0.0973. The number of rotatable bonds is 4. The highest BCUT2D eigenvalue weighted by atomic mass is 16.1. The van der Waals surface area contributed by atoms with Crippen LogP contribution < -0.4 is 5.69 Å². The molecule has 1 aromatic carbocycles. The van der Waals surface area contributed by atoms with Gasteiger partial charge in [0.25, 0.3) is 0 Å². The van der Waals surface area contributed by atoms with Crippen LogP contribution in [0.4, 0.5) is 0 Å². The number of nitrogens with zero attached hydrogens (tertiary/aromatic N) is 3. The van der Waals surface area contributed by atoms with Crippen molar-refractivity contribution in [3.05, 3.63) is 52.2 Å². The summed E-state index contributed by atoms with van der Waals surface area (Å²) in [4.78, 5) is 14.3. The third kappa shape index (κ3) is 3.08. The van der Waals surface area contributed by atoms with Crippen molar-refractivity contribution in [1.82, 2.24) is 19.7 Å². The third-order valence-electron chi connectivity index (χ3n) is 4.32. The Morgan fingerprint density at radius 1 is 1.29 bits per heavy atom. The van der Waals surface area contributed by atoms with Gasteiger partial charge in [0, 0.05) is 6.54 Å². The van der Waals surface area contributed by atoms with E-state index in [9.17, 15) is 4.79 Å². The zero-order valence-electron chi connectivity index (χ0n) is 12.5. The number of hydrogen-bond acceptors (Lipinski definition) is 3. The van der Waals surface area contributed by atoms with Gasteiger partial charge in [-0.15, -0.1) is 0 Å². The van der Waals surface area contributed by atoms with Gasteiger partial charge in [-0.05, 0) is 38.4 Å². The average Bonchev–Trinajstić information content (AvgIpc) is 2.88. The zero-order chi connectivity index (χ0) is 14.7. The van der Waals surface area contributed by atoms with Crippen LogP contribution in [0.15, 0.2) is 35.1 Å². The number of piperidine rings is 1. The summed E-state index contributed by atoms with van der Waals surface area (Å²) in [5.74, 6) is 0.887. The lowest BCUT2D eigenvalue weighted by molar-refractivity contribution is 0.175. The van der Waals surface area contributed by atoms with E-state index in [1.165, 1.54) is 18.4 Å². The number of aromatic amines is 1. The fourth-order valence-corrected chi connectivity index (χ4v) is 3.09. The van der Waals surface area contributed by atoms with Crippen LogP contribution in [0.2, 0.25) is 0 Å². The molecule has 0 spiro atoms.